The minimum atomic E-state index is -1.37. The number of hydrogen-bond acceptors (Lipinski definition) is 1. The van der Waals surface area contributed by atoms with Gasteiger partial charge in [0.1, 0.15) is 11.4 Å². The Morgan fingerprint density at radius 2 is 1.89 bits per heavy atom. The fourth-order valence-corrected chi connectivity index (χ4v) is 2.11. The lowest BCUT2D eigenvalue weighted by atomic mass is 9.84. The van der Waals surface area contributed by atoms with E-state index < -0.39 is 5.60 Å². The highest BCUT2D eigenvalue weighted by Gasteiger charge is 2.29. The standard InChI is InChI=1S/C16H15FO/c1-3-16(18,13-8-6-9-14(17)11-13)15-10-5-4-7-12(15)2/h3-11,18H,1H2,2H3. The van der Waals surface area contributed by atoms with E-state index >= 15 is 0 Å². The average Bonchev–Trinajstić information content (AvgIpc) is 2.38. The summed E-state index contributed by atoms with van der Waals surface area (Å²) in [5, 5.41) is 10.8. The van der Waals surface area contributed by atoms with Crippen molar-refractivity contribution >= 4 is 0 Å². The predicted molar refractivity (Wildman–Crippen MR) is 70.8 cm³/mol. The second-order valence-electron chi connectivity index (χ2n) is 4.30. The molecular weight excluding hydrogens is 227 g/mol. The third-order valence-electron chi connectivity index (χ3n) is 3.12. The number of benzene rings is 2. The van der Waals surface area contributed by atoms with Crippen molar-refractivity contribution < 1.29 is 9.50 Å². The van der Waals surface area contributed by atoms with E-state index in [1.807, 2.05) is 31.2 Å². The molecular formula is C16H15FO. The van der Waals surface area contributed by atoms with Crippen LogP contribution in [-0.2, 0) is 5.60 Å². The molecule has 1 unspecified atom stereocenters. The molecule has 0 aliphatic rings. The molecule has 0 amide bonds. The lowest BCUT2D eigenvalue weighted by Gasteiger charge is -2.27. The van der Waals surface area contributed by atoms with Crippen LogP contribution in [-0.4, -0.2) is 5.11 Å². The van der Waals surface area contributed by atoms with E-state index in [-0.39, 0.29) is 5.82 Å². The van der Waals surface area contributed by atoms with Crippen molar-refractivity contribution in [2.24, 2.45) is 0 Å². The molecule has 1 nitrogen and oxygen atoms in total. The molecule has 18 heavy (non-hydrogen) atoms. The first-order chi connectivity index (χ1) is 8.58. The molecule has 0 saturated heterocycles. The Hall–Kier alpha value is -1.93. The quantitative estimate of drug-likeness (QED) is 0.816. The van der Waals surface area contributed by atoms with Crippen molar-refractivity contribution in [2.75, 3.05) is 0 Å². The summed E-state index contributed by atoms with van der Waals surface area (Å²) in [4.78, 5) is 0. The highest BCUT2D eigenvalue weighted by molar-refractivity contribution is 5.44. The Kier molecular flexibility index (Phi) is 3.30. The van der Waals surface area contributed by atoms with Crippen molar-refractivity contribution in [1.29, 1.82) is 0 Å². The van der Waals surface area contributed by atoms with E-state index in [0.717, 1.165) is 5.56 Å². The van der Waals surface area contributed by atoms with E-state index in [1.165, 1.54) is 18.2 Å². The molecule has 1 N–H and O–H groups in total. The van der Waals surface area contributed by atoms with Crippen molar-refractivity contribution in [3.8, 4) is 0 Å². The van der Waals surface area contributed by atoms with Crippen LogP contribution >= 0.6 is 0 Å². The summed E-state index contributed by atoms with van der Waals surface area (Å²) in [6.07, 6.45) is 1.43. The van der Waals surface area contributed by atoms with Gasteiger partial charge in [-0.05, 0) is 35.7 Å². The van der Waals surface area contributed by atoms with Crippen LogP contribution < -0.4 is 0 Å². The maximum Gasteiger partial charge on any atom is 0.133 e. The van der Waals surface area contributed by atoms with Gasteiger partial charge in [0, 0.05) is 0 Å². The Labute approximate surface area is 106 Å². The molecule has 2 aromatic carbocycles. The maximum atomic E-state index is 13.3. The Morgan fingerprint density at radius 1 is 1.17 bits per heavy atom. The van der Waals surface area contributed by atoms with Crippen molar-refractivity contribution in [3.05, 3.63) is 83.7 Å². The smallest absolute Gasteiger partial charge is 0.133 e. The second kappa shape index (κ2) is 4.75. The van der Waals surface area contributed by atoms with Crippen molar-refractivity contribution in [1.82, 2.24) is 0 Å². The molecule has 1 atom stereocenters. The molecule has 0 radical (unpaired) electrons. The van der Waals surface area contributed by atoms with Gasteiger partial charge in [0.2, 0.25) is 0 Å². The molecule has 0 bridgehead atoms. The normalized spacial score (nSPS) is 13.9. The van der Waals surface area contributed by atoms with Crippen molar-refractivity contribution in [2.45, 2.75) is 12.5 Å². The summed E-state index contributed by atoms with van der Waals surface area (Å²) in [6, 6.07) is 13.4. The molecule has 2 heteroatoms. The summed E-state index contributed by atoms with van der Waals surface area (Å²) >= 11 is 0. The lowest BCUT2D eigenvalue weighted by Crippen LogP contribution is -2.25. The minimum absolute atomic E-state index is 0.374. The third-order valence-corrected chi connectivity index (χ3v) is 3.12. The number of rotatable bonds is 3. The largest absolute Gasteiger partial charge is 0.377 e. The molecule has 0 fully saturated rings. The summed E-state index contributed by atoms with van der Waals surface area (Å²) < 4.78 is 13.3. The molecule has 0 saturated carbocycles. The first-order valence-corrected chi connectivity index (χ1v) is 5.76. The fraction of sp³-hybridized carbons (Fsp3) is 0.125. The van der Waals surface area contributed by atoms with E-state index in [1.54, 1.807) is 12.1 Å². The molecule has 0 heterocycles. The molecule has 0 spiro atoms. The zero-order chi connectivity index (χ0) is 13.2. The van der Waals surface area contributed by atoms with Crippen LogP contribution in [0.5, 0.6) is 0 Å². The van der Waals surface area contributed by atoms with E-state index in [0.29, 0.717) is 11.1 Å². The second-order valence-corrected chi connectivity index (χ2v) is 4.30. The van der Waals surface area contributed by atoms with Gasteiger partial charge >= 0.3 is 0 Å². The summed E-state index contributed by atoms with van der Waals surface area (Å²) in [6.45, 7) is 5.59. The van der Waals surface area contributed by atoms with Crippen LogP contribution in [0.1, 0.15) is 16.7 Å². The summed E-state index contributed by atoms with van der Waals surface area (Å²) in [5.74, 6) is -0.374. The monoisotopic (exact) mass is 242 g/mol. The van der Waals surface area contributed by atoms with Gasteiger partial charge in [-0.25, -0.2) is 4.39 Å². The van der Waals surface area contributed by atoms with Crippen LogP contribution in [0.3, 0.4) is 0 Å². The topological polar surface area (TPSA) is 20.2 Å². The molecule has 0 aliphatic carbocycles. The van der Waals surface area contributed by atoms with E-state index in [9.17, 15) is 9.50 Å². The Morgan fingerprint density at radius 3 is 2.50 bits per heavy atom. The molecule has 2 rings (SSSR count). The van der Waals surface area contributed by atoms with Gasteiger partial charge in [0.25, 0.3) is 0 Å². The number of hydrogen-bond donors (Lipinski definition) is 1. The van der Waals surface area contributed by atoms with Crippen LogP contribution in [0.2, 0.25) is 0 Å². The molecule has 0 aliphatic heterocycles. The third kappa shape index (κ3) is 2.07. The lowest BCUT2D eigenvalue weighted by molar-refractivity contribution is 0.134. The molecule has 0 aromatic heterocycles. The zero-order valence-corrected chi connectivity index (χ0v) is 10.2. The van der Waals surface area contributed by atoms with Crippen LogP contribution in [0.25, 0.3) is 0 Å². The van der Waals surface area contributed by atoms with E-state index in [2.05, 4.69) is 6.58 Å². The van der Waals surface area contributed by atoms with Gasteiger partial charge in [0.15, 0.2) is 0 Å². The van der Waals surface area contributed by atoms with Gasteiger partial charge in [-0.1, -0.05) is 49.1 Å². The number of aryl methyl sites for hydroxylation is 1. The molecule has 92 valence electrons. The maximum absolute atomic E-state index is 13.3. The SMILES string of the molecule is C=CC(O)(c1cccc(F)c1)c1ccccc1C. The van der Waals surface area contributed by atoms with Gasteiger partial charge in [-0.3, -0.25) is 0 Å². The van der Waals surface area contributed by atoms with E-state index in [4.69, 9.17) is 0 Å². The number of aliphatic hydroxyl groups is 1. The summed E-state index contributed by atoms with van der Waals surface area (Å²) in [5.41, 5.74) is 0.759. The van der Waals surface area contributed by atoms with Crippen molar-refractivity contribution in [3.63, 3.8) is 0 Å². The first-order valence-electron chi connectivity index (χ1n) is 5.76. The van der Waals surface area contributed by atoms with Gasteiger partial charge < -0.3 is 5.11 Å². The first kappa shape index (κ1) is 12.5. The minimum Gasteiger partial charge on any atom is -0.377 e. The van der Waals surface area contributed by atoms with Gasteiger partial charge in [-0.2, -0.15) is 0 Å². The van der Waals surface area contributed by atoms with Crippen LogP contribution in [0, 0.1) is 12.7 Å². The van der Waals surface area contributed by atoms with Gasteiger partial charge in [-0.15, -0.1) is 0 Å². The van der Waals surface area contributed by atoms with Gasteiger partial charge in [0.05, 0.1) is 0 Å². The average molecular weight is 242 g/mol. The number of halogens is 1. The van der Waals surface area contributed by atoms with Crippen LogP contribution in [0.15, 0.2) is 61.2 Å². The highest BCUT2D eigenvalue weighted by atomic mass is 19.1. The Bertz CT molecular complexity index is 577. The molecule has 2 aromatic rings. The van der Waals surface area contributed by atoms with Crippen LogP contribution in [0.4, 0.5) is 4.39 Å². The highest BCUT2D eigenvalue weighted by Crippen LogP contribution is 2.32. The summed E-state index contributed by atoms with van der Waals surface area (Å²) in [7, 11) is 0. The zero-order valence-electron chi connectivity index (χ0n) is 10.2. The Balaban J connectivity index is 2.62. The fourth-order valence-electron chi connectivity index (χ4n) is 2.11. The predicted octanol–water partition coefficient (Wildman–Crippen LogP) is 3.56.